The largest absolute Gasteiger partial charge is 0.325 e. The molecule has 0 radical (unpaired) electrons. The Labute approximate surface area is 134 Å². The lowest BCUT2D eigenvalue weighted by atomic mass is 10.2. The Kier molecular flexibility index (Phi) is 5.18. The molecule has 0 aliphatic heterocycles. The number of hydrogen-bond acceptors (Lipinski definition) is 3. The van der Waals surface area contributed by atoms with Crippen molar-refractivity contribution in [1.82, 2.24) is 4.72 Å². The molecule has 22 heavy (non-hydrogen) atoms. The second-order valence-electron chi connectivity index (χ2n) is 4.65. The quantitative estimate of drug-likeness (QED) is 0.879. The summed E-state index contributed by atoms with van der Waals surface area (Å²) in [5.74, 6) is -0.473. The van der Waals surface area contributed by atoms with E-state index in [1.54, 1.807) is 49.4 Å². The van der Waals surface area contributed by atoms with Gasteiger partial charge >= 0.3 is 0 Å². The van der Waals surface area contributed by atoms with E-state index in [-0.39, 0.29) is 11.4 Å². The molecule has 0 atom stereocenters. The van der Waals surface area contributed by atoms with E-state index >= 15 is 0 Å². The Morgan fingerprint density at radius 3 is 2.55 bits per heavy atom. The minimum absolute atomic E-state index is 0.158. The molecule has 116 valence electrons. The monoisotopic (exact) mass is 338 g/mol. The van der Waals surface area contributed by atoms with Gasteiger partial charge in [-0.2, -0.15) is 0 Å². The van der Waals surface area contributed by atoms with Crippen molar-refractivity contribution in [2.24, 2.45) is 0 Å². The number of nitrogens with one attached hydrogen (secondary N) is 2. The van der Waals surface area contributed by atoms with Crippen LogP contribution in [0, 0.1) is 6.92 Å². The number of aryl methyl sites for hydroxylation is 1. The number of sulfonamides is 1. The van der Waals surface area contributed by atoms with E-state index in [1.165, 1.54) is 6.07 Å². The molecular formula is C15H15ClN2O3S. The summed E-state index contributed by atoms with van der Waals surface area (Å²) >= 11 is 5.81. The Balaban J connectivity index is 2.00. The smallest absolute Gasteiger partial charge is 0.241 e. The van der Waals surface area contributed by atoms with Crippen LogP contribution in [0.4, 0.5) is 5.69 Å². The third kappa shape index (κ3) is 4.30. The highest BCUT2D eigenvalue weighted by atomic mass is 35.5. The minimum atomic E-state index is -3.72. The third-order valence-corrected chi connectivity index (χ3v) is 4.71. The molecule has 2 N–H and O–H groups in total. The number of benzene rings is 2. The van der Waals surface area contributed by atoms with E-state index < -0.39 is 15.9 Å². The van der Waals surface area contributed by atoms with Gasteiger partial charge in [0, 0.05) is 10.7 Å². The molecule has 1 amide bonds. The first-order valence-electron chi connectivity index (χ1n) is 6.49. The first-order chi connectivity index (χ1) is 10.4. The van der Waals surface area contributed by atoms with Crippen LogP contribution >= 0.6 is 11.6 Å². The second kappa shape index (κ2) is 6.91. The molecule has 0 aliphatic rings. The molecule has 0 fully saturated rings. The van der Waals surface area contributed by atoms with E-state index in [4.69, 9.17) is 11.6 Å². The van der Waals surface area contributed by atoms with Crippen molar-refractivity contribution < 1.29 is 13.2 Å². The summed E-state index contributed by atoms with van der Waals surface area (Å²) in [6, 6.07) is 13.2. The second-order valence-corrected chi connectivity index (χ2v) is 6.82. The van der Waals surface area contributed by atoms with Crippen LogP contribution < -0.4 is 10.0 Å². The lowest BCUT2D eigenvalue weighted by Gasteiger charge is -2.09. The van der Waals surface area contributed by atoms with Crippen molar-refractivity contribution in [2.75, 3.05) is 11.9 Å². The van der Waals surface area contributed by atoms with Crippen LogP contribution in [0.15, 0.2) is 53.4 Å². The van der Waals surface area contributed by atoms with E-state index in [1.807, 2.05) is 0 Å². The standard InChI is InChI=1S/C15H15ClN2O3S/c1-11-5-2-3-8-14(11)22(20,21)17-10-15(19)18-13-7-4-6-12(16)9-13/h2-9,17H,10H2,1H3,(H,18,19). The Hall–Kier alpha value is -1.89. The highest BCUT2D eigenvalue weighted by Gasteiger charge is 2.17. The Morgan fingerprint density at radius 2 is 1.86 bits per heavy atom. The number of amides is 1. The molecule has 5 nitrogen and oxygen atoms in total. The van der Waals surface area contributed by atoms with Gasteiger partial charge in [0.25, 0.3) is 0 Å². The zero-order chi connectivity index (χ0) is 16.2. The molecule has 0 heterocycles. The highest BCUT2D eigenvalue weighted by Crippen LogP contribution is 2.15. The zero-order valence-corrected chi connectivity index (χ0v) is 13.4. The molecule has 0 saturated carbocycles. The molecule has 0 aliphatic carbocycles. The predicted octanol–water partition coefficient (Wildman–Crippen LogP) is 2.57. The summed E-state index contributed by atoms with van der Waals surface area (Å²) in [5.41, 5.74) is 1.12. The number of carbonyl (C=O) groups excluding carboxylic acids is 1. The average molecular weight is 339 g/mol. The van der Waals surface area contributed by atoms with Gasteiger partial charge in [-0.3, -0.25) is 4.79 Å². The lowest BCUT2D eigenvalue weighted by Crippen LogP contribution is -2.33. The van der Waals surface area contributed by atoms with Gasteiger partial charge in [0.15, 0.2) is 0 Å². The SMILES string of the molecule is Cc1ccccc1S(=O)(=O)NCC(=O)Nc1cccc(Cl)c1. The molecule has 0 saturated heterocycles. The van der Waals surface area contributed by atoms with Crippen LogP contribution in [-0.4, -0.2) is 20.9 Å². The van der Waals surface area contributed by atoms with Crippen molar-refractivity contribution in [3.63, 3.8) is 0 Å². The molecule has 0 unspecified atom stereocenters. The molecular weight excluding hydrogens is 324 g/mol. The number of carbonyl (C=O) groups is 1. The van der Waals surface area contributed by atoms with Gasteiger partial charge in [0.1, 0.15) is 0 Å². The summed E-state index contributed by atoms with van der Waals surface area (Å²) in [6.07, 6.45) is 0. The number of halogens is 1. The maximum atomic E-state index is 12.2. The average Bonchev–Trinajstić information content (AvgIpc) is 2.45. The van der Waals surface area contributed by atoms with Crippen LogP contribution in [0.3, 0.4) is 0 Å². The van der Waals surface area contributed by atoms with Crippen molar-refractivity contribution in [3.8, 4) is 0 Å². The van der Waals surface area contributed by atoms with Gasteiger partial charge in [-0.05, 0) is 36.8 Å². The fourth-order valence-electron chi connectivity index (χ4n) is 1.87. The van der Waals surface area contributed by atoms with Crippen molar-refractivity contribution in [3.05, 3.63) is 59.1 Å². The summed E-state index contributed by atoms with van der Waals surface area (Å²) in [7, 11) is -3.72. The summed E-state index contributed by atoms with van der Waals surface area (Å²) in [6.45, 7) is 1.34. The Morgan fingerprint density at radius 1 is 1.14 bits per heavy atom. The maximum Gasteiger partial charge on any atom is 0.241 e. The van der Waals surface area contributed by atoms with Crippen LogP contribution in [-0.2, 0) is 14.8 Å². The number of hydrogen-bond donors (Lipinski definition) is 2. The third-order valence-electron chi connectivity index (χ3n) is 2.91. The molecule has 0 spiro atoms. The van der Waals surface area contributed by atoms with E-state index in [0.717, 1.165) is 0 Å². The molecule has 0 bridgehead atoms. The fourth-order valence-corrected chi connectivity index (χ4v) is 3.28. The van der Waals surface area contributed by atoms with Crippen molar-refractivity contribution in [2.45, 2.75) is 11.8 Å². The van der Waals surface area contributed by atoms with E-state index in [9.17, 15) is 13.2 Å². The number of rotatable bonds is 5. The molecule has 2 aromatic carbocycles. The molecule has 2 rings (SSSR count). The normalized spacial score (nSPS) is 11.2. The van der Waals surface area contributed by atoms with Gasteiger partial charge in [-0.1, -0.05) is 35.9 Å². The minimum Gasteiger partial charge on any atom is -0.325 e. The Bertz CT molecular complexity index is 791. The van der Waals surface area contributed by atoms with Crippen LogP contribution in [0.25, 0.3) is 0 Å². The van der Waals surface area contributed by atoms with Crippen LogP contribution in [0.2, 0.25) is 5.02 Å². The first-order valence-corrected chi connectivity index (χ1v) is 8.35. The lowest BCUT2D eigenvalue weighted by molar-refractivity contribution is -0.115. The summed E-state index contributed by atoms with van der Waals surface area (Å²) in [5, 5.41) is 3.06. The van der Waals surface area contributed by atoms with E-state index in [0.29, 0.717) is 16.3 Å². The maximum absolute atomic E-state index is 12.2. The van der Waals surface area contributed by atoms with Crippen molar-refractivity contribution in [1.29, 1.82) is 0 Å². The van der Waals surface area contributed by atoms with Gasteiger partial charge in [0.2, 0.25) is 15.9 Å². The molecule has 0 aromatic heterocycles. The van der Waals surface area contributed by atoms with Gasteiger partial charge in [0.05, 0.1) is 11.4 Å². The van der Waals surface area contributed by atoms with Crippen LogP contribution in [0.5, 0.6) is 0 Å². The highest BCUT2D eigenvalue weighted by molar-refractivity contribution is 7.89. The topological polar surface area (TPSA) is 75.3 Å². The molecule has 2 aromatic rings. The fraction of sp³-hybridized carbons (Fsp3) is 0.133. The summed E-state index contributed by atoms with van der Waals surface area (Å²) in [4.78, 5) is 12.0. The van der Waals surface area contributed by atoms with Gasteiger partial charge < -0.3 is 5.32 Å². The van der Waals surface area contributed by atoms with Gasteiger partial charge in [-0.15, -0.1) is 0 Å². The molecule has 7 heteroatoms. The van der Waals surface area contributed by atoms with Gasteiger partial charge in [-0.25, -0.2) is 13.1 Å². The summed E-state index contributed by atoms with van der Waals surface area (Å²) < 4.78 is 26.6. The number of anilines is 1. The predicted molar refractivity (Wildman–Crippen MR) is 86.4 cm³/mol. The van der Waals surface area contributed by atoms with Crippen molar-refractivity contribution >= 4 is 33.2 Å². The van der Waals surface area contributed by atoms with Crippen LogP contribution in [0.1, 0.15) is 5.56 Å². The zero-order valence-electron chi connectivity index (χ0n) is 11.8. The van der Waals surface area contributed by atoms with E-state index in [2.05, 4.69) is 10.0 Å². The first kappa shape index (κ1) is 16.5.